The molecule has 0 amide bonds. The van der Waals surface area contributed by atoms with Crippen molar-refractivity contribution < 1.29 is 19.1 Å². The molecule has 4 heteroatoms. The molecule has 0 radical (unpaired) electrons. The minimum Gasteiger partial charge on any atom is -0.422 e. The Morgan fingerprint density at radius 1 is 1.14 bits per heavy atom. The number of carbonyl (C=O) groups is 2. The van der Waals surface area contributed by atoms with Crippen molar-refractivity contribution in [2.45, 2.75) is 38.9 Å². The van der Waals surface area contributed by atoms with Crippen LogP contribution in [0.15, 0.2) is 12.2 Å². The van der Waals surface area contributed by atoms with Crippen LogP contribution in [0.25, 0.3) is 0 Å². The fraction of sp³-hybridized carbons (Fsp3) is 0.600. The van der Waals surface area contributed by atoms with Gasteiger partial charge in [-0.2, -0.15) is 0 Å². The lowest BCUT2D eigenvalue weighted by atomic mass is 10.0. The first kappa shape index (κ1) is 10.8. The number of rotatable bonds is 2. The normalized spacial score (nSPS) is 18.7. The zero-order chi connectivity index (χ0) is 10.6. The van der Waals surface area contributed by atoms with Crippen LogP contribution in [0, 0.1) is 0 Å². The van der Waals surface area contributed by atoms with E-state index in [1.807, 2.05) is 12.2 Å². The third-order valence-corrected chi connectivity index (χ3v) is 1.95. The van der Waals surface area contributed by atoms with Gasteiger partial charge in [0.05, 0.1) is 0 Å². The number of hydrogen-bond acceptors (Lipinski definition) is 4. The summed E-state index contributed by atoms with van der Waals surface area (Å²) in [6.07, 6.45) is 5.55. The minimum absolute atomic E-state index is 0.429. The number of esters is 2. The maximum Gasteiger partial charge on any atom is 0.305 e. The predicted molar refractivity (Wildman–Crippen MR) is 49.3 cm³/mol. The van der Waals surface area contributed by atoms with Gasteiger partial charge in [0, 0.05) is 26.7 Å². The number of ether oxygens (including phenoxy) is 2. The van der Waals surface area contributed by atoms with Gasteiger partial charge in [-0.05, 0) is 6.42 Å². The molecule has 0 saturated heterocycles. The molecule has 1 aliphatic carbocycles. The molecule has 0 saturated carbocycles. The van der Waals surface area contributed by atoms with Crippen LogP contribution in [0.3, 0.4) is 0 Å². The van der Waals surface area contributed by atoms with E-state index in [9.17, 15) is 9.59 Å². The van der Waals surface area contributed by atoms with E-state index in [1.54, 1.807) is 0 Å². The molecule has 0 fully saturated rings. The average Bonchev–Trinajstić information content (AvgIpc) is 2.01. The van der Waals surface area contributed by atoms with Crippen molar-refractivity contribution in [3.63, 3.8) is 0 Å². The molecular weight excluding hydrogens is 184 g/mol. The quantitative estimate of drug-likeness (QED) is 0.384. The van der Waals surface area contributed by atoms with E-state index in [4.69, 9.17) is 9.47 Å². The Balaban J connectivity index is 2.72. The van der Waals surface area contributed by atoms with Crippen LogP contribution in [0.2, 0.25) is 0 Å². The van der Waals surface area contributed by atoms with Crippen LogP contribution in [-0.4, -0.2) is 17.7 Å². The van der Waals surface area contributed by atoms with Crippen molar-refractivity contribution in [1.29, 1.82) is 0 Å². The van der Waals surface area contributed by atoms with Crippen LogP contribution in [0.5, 0.6) is 0 Å². The number of allylic oxidation sites excluding steroid dienone is 1. The van der Waals surface area contributed by atoms with Crippen molar-refractivity contribution >= 4 is 11.9 Å². The Morgan fingerprint density at radius 2 is 1.71 bits per heavy atom. The third-order valence-electron chi connectivity index (χ3n) is 1.95. The van der Waals surface area contributed by atoms with Crippen LogP contribution in [0.4, 0.5) is 0 Å². The Hall–Kier alpha value is -1.32. The standard InChI is InChI=1S/C10H14O4/c1-8(11)13-10(14-9(2)12)6-4-3-5-7-10/h3-4H,5-7H2,1-2H3. The summed E-state index contributed by atoms with van der Waals surface area (Å²) in [7, 11) is 0. The van der Waals surface area contributed by atoms with E-state index in [-0.39, 0.29) is 0 Å². The Labute approximate surface area is 82.9 Å². The van der Waals surface area contributed by atoms with Crippen LogP contribution in [-0.2, 0) is 19.1 Å². The second-order valence-electron chi connectivity index (χ2n) is 3.31. The Kier molecular flexibility index (Phi) is 3.28. The summed E-state index contributed by atoms with van der Waals surface area (Å²) in [5.74, 6) is -1.92. The van der Waals surface area contributed by atoms with Gasteiger partial charge in [0.1, 0.15) is 0 Å². The smallest absolute Gasteiger partial charge is 0.305 e. The molecule has 0 aromatic heterocycles. The van der Waals surface area contributed by atoms with E-state index in [2.05, 4.69) is 0 Å². The summed E-state index contributed by atoms with van der Waals surface area (Å²) >= 11 is 0. The lowest BCUT2D eigenvalue weighted by Crippen LogP contribution is -2.39. The first-order chi connectivity index (χ1) is 6.54. The molecule has 0 atom stereocenters. The van der Waals surface area contributed by atoms with Crippen molar-refractivity contribution in [2.24, 2.45) is 0 Å². The molecule has 0 aromatic rings. The lowest BCUT2D eigenvalue weighted by molar-refractivity contribution is -0.228. The third kappa shape index (κ3) is 2.87. The lowest BCUT2D eigenvalue weighted by Gasteiger charge is -2.32. The molecule has 0 N–H and O–H groups in total. The predicted octanol–water partition coefficient (Wildman–Crippen LogP) is 1.55. The van der Waals surface area contributed by atoms with E-state index in [0.29, 0.717) is 12.8 Å². The zero-order valence-corrected chi connectivity index (χ0v) is 8.41. The SMILES string of the molecule is CC(=O)OC1(OC(C)=O)CC=CCC1. The van der Waals surface area contributed by atoms with Crippen LogP contribution >= 0.6 is 0 Å². The summed E-state index contributed by atoms with van der Waals surface area (Å²) in [6.45, 7) is 2.62. The summed E-state index contributed by atoms with van der Waals surface area (Å²) in [5, 5.41) is 0. The van der Waals surface area contributed by atoms with E-state index < -0.39 is 17.7 Å². The molecule has 78 valence electrons. The van der Waals surface area contributed by atoms with Crippen molar-refractivity contribution in [3.05, 3.63) is 12.2 Å². The Morgan fingerprint density at radius 3 is 2.07 bits per heavy atom. The highest BCUT2D eigenvalue weighted by atomic mass is 16.7. The van der Waals surface area contributed by atoms with E-state index in [0.717, 1.165) is 6.42 Å². The minimum atomic E-state index is -1.06. The number of carbonyl (C=O) groups excluding carboxylic acids is 2. The molecule has 0 unspecified atom stereocenters. The maximum atomic E-state index is 10.9. The summed E-state index contributed by atoms with van der Waals surface area (Å²) < 4.78 is 10.1. The average molecular weight is 198 g/mol. The second-order valence-corrected chi connectivity index (χ2v) is 3.31. The summed E-state index contributed by atoms with van der Waals surface area (Å²) in [5.41, 5.74) is 0. The highest BCUT2D eigenvalue weighted by molar-refractivity contribution is 5.69. The molecule has 14 heavy (non-hydrogen) atoms. The monoisotopic (exact) mass is 198 g/mol. The van der Waals surface area contributed by atoms with Crippen molar-refractivity contribution in [2.75, 3.05) is 0 Å². The molecule has 0 bridgehead atoms. The molecule has 1 rings (SSSR count). The first-order valence-electron chi connectivity index (χ1n) is 4.58. The van der Waals surface area contributed by atoms with Gasteiger partial charge in [0.15, 0.2) is 0 Å². The molecule has 1 aliphatic rings. The van der Waals surface area contributed by atoms with Crippen molar-refractivity contribution in [3.8, 4) is 0 Å². The first-order valence-corrected chi connectivity index (χ1v) is 4.58. The van der Waals surface area contributed by atoms with Gasteiger partial charge < -0.3 is 9.47 Å². The second kappa shape index (κ2) is 4.26. The van der Waals surface area contributed by atoms with Gasteiger partial charge in [-0.1, -0.05) is 12.2 Å². The Bertz CT molecular complexity index is 251. The molecular formula is C10H14O4. The van der Waals surface area contributed by atoms with Gasteiger partial charge >= 0.3 is 11.9 Å². The fourth-order valence-corrected chi connectivity index (χ4v) is 1.52. The fourth-order valence-electron chi connectivity index (χ4n) is 1.52. The largest absolute Gasteiger partial charge is 0.422 e. The maximum absolute atomic E-state index is 10.9. The highest BCUT2D eigenvalue weighted by Crippen LogP contribution is 2.29. The molecule has 0 heterocycles. The van der Waals surface area contributed by atoms with Crippen LogP contribution < -0.4 is 0 Å². The van der Waals surface area contributed by atoms with Crippen LogP contribution in [0.1, 0.15) is 33.1 Å². The molecule has 0 spiro atoms. The van der Waals surface area contributed by atoms with Gasteiger partial charge in [0.25, 0.3) is 5.79 Å². The molecule has 0 aromatic carbocycles. The highest BCUT2D eigenvalue weighted by Gasteiger charge is 2.36. The summed E-state index contributed by atoms with van der Waals surface area (Å²) in [6, 6.07) is 0. The topological polar surface area (TPSA) is 52.6 Å². The molecule has 0 aliphatic heterocycles. The van der Waals surface area contributed by atoms with E-state index in [1.165, 1.54) is 13.8 Å². The zero-order valence-electron chi connectivity index (χ0n) is 8.41. The van der Waals surface area contributed by atoms with Crippen molar-refractivity contribution in [1.82, 2.24) is 0 Å². The van der Waals surface area contributed by atoms with Gasteiger partial charge in [-0.25, -0.2) is 0 Å². The van der Waals surface area contributed by atoms with E-state index >= 15 is 0 Å². The van der Waals surface area contributed by atoms with Gasteiger partial charge in [0.2, 0.25) is 0 Å². The number of hydrogen-bond donors (Lipinski definition) is 0. The molecule has 4 nitrogen and oxygen atoms in total. The van der Waals surface area contributed by atoms with Gasteiger partial charge in [-0.3, -0.25) is 9.59 Å². The van der Waals surface area contributed by atoms with Gasteiger partial charge in [-0.15, -0.1) is 0 Å². The summed E-state index contributed by atoms with van der Waals surface area (Å²) in [4.78, 5) is 21.7.